The van der Waals surface area contributed by atoms with E-state index in [1.807, 2.05) is 47.1 Å². The van der Waals surface area contributed by atoms with Gasteiger partial charge in [-0.2, -0.15) is 0 Å². The van der Waals surface area contributed by atoms with Crippen LogP contribution in [0.15, 0.2) is 78.9 Å². The minimum atomic E-state index is -0.543. The van der Waals surface area contributed by atoms with Gasteiger partial charge in [-0.05, 0) is 55.0 Å². The van der Waals surface area contributed by atoms with Crippen LogP contribution in [-0.2, 0) is 9.47 Å². The van der Waals surface area contributed by atoms with E-state index >= 15 is 4.39 Å². The lowest BCUT2D eigenvalue weighted by molar-refractivity contribution is 0.0590. The molecule has 5 rings (SSSR count). The lowest BCUT2D eigenvalue weighted by Crippen LogP contribution is -2.17. The molecule has 0 atom stereocenters. The van der Waals surface area contributed by atoms with Crippen molar-refractivity contribution in [3.8, 4) is 22.5 Å². The Morgan fingerprint density at radius 2 is 1.22 bits per heavy atom. The minimum Gasteiger partial charge on any atom is -0.465 e. The second-order valence-electron chi connectivity index (χ2n) is 8.71. The first-order valence-corrected chi connectivity index (χ1v) is 11.7. The van der Waals surface area contributed by atoms with Gasteiger partial charge >= 0.3 is 11.9 Å². The summed E-state index contributed by atoms with van der Waals surface area (Å²) in [6, 6.07) is 23.7. The Kier molecular flexibility index (Phi) is 6.13. The van der Waals surface area contributed by atoms with E-state index in [0.29, 0.717) is 33.9 Å². The fourth-order valence-electron chi connectivity index (χ4n) is 4.76. The van der Waals surface area contributed by atoms with Gasteiger partial charge in [0.2, 0.25) is 0 Å². The second-order valence-corrected chi connectivity index (χ2v) is 8.71. The van der Waals surface area contributed by atoms with Crippen LogP contribution < -0.4 is 0 Å². The number of carbonyl (C=O) groups is 2. The van der Waals surface area contributed by atoms with Crippen LogP contribution >= 0.6 is 0 Å². The first-order chi connectivity index (χ1) is 17.8. The lowest BCUT2D eigenvalue weighted by atomic mass is 10.0. The van der Waals surface area contributed by atoms with Gasteiger partial charge in [0.15, 0.2) is 0 Å². The highest BCUT2D eigenvalue weighted by Gasteiger charge is 2.27. The summed E-state index contributed by atoms with van der Waals surface area (Å²) in [5, 5.41) is 2.10. The molecule has 0 bridgehead atoms. The van der Waals surface area contributed by atoms with Crippen molar-refractivity contribution in [1.82, 2.24) is 9.35 Å². The Labute approximate surface area is 213 Å². The molecule has 37 heavy (non-hydrogen) atoms. The summed E-state index contributed by atoms with van der Waals surface area (Å²) in [6.45, 7) is 3.55. The smallest absolute Gasteiger partial charge is 0.339 e. The van der Waals surface area contributed by atoms with Gasteiger partial charge in [-0.25, -0.2) is 14.0 Å². The fourth-order valence-corrected chi connectivity index (χ4v) is 4.76. The van der Waals surface area contributed by atoms with E-state index in [-0.39, 0.29) is 5.56 Å². The first kappa shape index (κ1) is 24.1. The molecule has 0 amide bonds. The average Bonchev–Trinajstić information content (AvgIpc) is 3.43. The number of aromatic nitrogens is 2. The molecule has 2 heterocycles. The third-order valence-corrected chi connectivity index (χ3v) is 6.64. The second kappa shape index (κ2) is 9.43. The molecule has 186 valence electrons. The van der Waals surface area contributed by atoms with Crippen LogP contribution in [0.3, 0.4) is 0 Å². The molecule has 0 aliphatic rings. The number of esters is 2. The first-order valence-electron chi connectivity index (χ1n) is 11.7. The van der Waals surface area contributed by atoms with E-state index in [4.69, 9.17) is 9.47 Å². The van der Waals surface area contributed by atoms with Gasteiger partial charge in [0, 0.05) is 11.1 Å². The van der Waals surface area contributed by atoms with E-state index in [2.05, 4.69) is 0 Å². The molecule has 7 heteroatoms. The minimum absolute atomic E-state index is 0.290. The van der Waals surface area contributed by atoms with Gasteiger partial charge in [-0.1, -0.05) is 48.5 Å². The molecular formula is C30H25FN2O4. The summed E-state index contributed by atoms with van der Waals surface area (Å²) in [4.78, 5) is 25.4. The van der Waals surface area contributed by atoms with Crippen LogP contribution in [0.5, 0.6) is 0 Å². The Morgan fingerprint density at radius 1 is 0.676 bits per heavy atom. The Balaban J connectivity index is 1.87. The highest BCUT2D eigenvalue weighted by molar-refractivity contribution is 5.95. The number of ether oxygens (including phenoxy) is 2. The van der Waals surface area contributed by atoms with Crippen LogP contribution in [0.1, 0.15) is 32.1 Å². The summed E-state index contributed by atoms with van der Waals surface area (Å²) in [7, 11) is 2.63. The number of hydrogen-bond acceptors (Lipinski definition) is 4. The van der Waals surface area contributed by atoms with Crippen molar-refractivity contribution >= 4 is 22.7 Å². The Hall–Kier alpha value is -4.65. The largest absolute Gasteiger partial charge is 0.465 e. The van der Waals surface area contributed by atoms with Gasteiger partial charge in [0.1, 0.15) is 5.82 Å². The molecule has 0 aliphatic carbocycles. The van der Waals surface area contributed by atoms with Crippen LogP contribution in [0.2, 0.25) is 0 Å². The zero-order valence-electron chi connectivity index (χ0n) is 20.9. The van der Waals surface area contributed by atoms with E-state index in [1.165, 1.54) is 20.3 Å². The number of halogens is 1. The Bertz CT molecular complexity index is 1680. The molecule has 6 nitrogen and oxygen atoms in total. The predicted molar refractivity (Wildman–Crippen MR) is 140 cm³/mol. The highest BCUT2D eigenvalue weighted by atomic mass is 19.1. The van der Waals surface area contributed by atoms with E-state index in [9.17, 15) is 9.59 Å². The summed E-state index contributed by atoms with van der Waals surface area (Å²) in [6.07, 6.45) is 0. The SMILES string of the molecule is COC(=O)c1cc(-c2ccc3ccccc3c2)n(-n2c(-c3ccccc3F)cc(C(=O)OC)c2C)c1C. The van der Waals surface area contributed by atoms with Crippen LogP contribution in [0.4, 0.5) is 4.39 Å². The van der Waals surface area contributed by atoms with Gasteiger partial charge in [-0.15, -0.1) is 0 Å². The van der Waals surface area contributed by atoms with Gasteiger partial charge in [0.25, 0.3) is 0 Å². The number of benzene rings is 3. The number of carbonyl (C=O) groups excluding carboxylic acids is 2. The third-order valence-electron chi connectivity index (χ3n) is 6.64. The molecule has 0 saturated carbocycles. The number of nitrogens with zero attached hydrogens (tertiary/aromatic N) is 2. The van der Waals surface area contributed by atoms with Gasteiger partial charge < -0.3 is 9.47 Å². The molecule has 0 saturated heterocycles. The van der Waals surface area contributed by atoms with Crippen molar-refractivity contribution in [2.24, 2.45) is 0 Å². The molecule has 0 N–H and O–H groups in total. The summed E-state index contributed by atoms with van der Waals surface area (Å²) < 4.78 is 28.7. The highest BCUT2D eigenvalue weighted by Crippen LogP contribution is 2.35. The molecule has 0 spiro atoms. The van der Waals surface area contributed by atoms with Crippen molar-refractivity contribution in [3.63, 3.8) is 0 Å². The summed E-state index contributed by atoms with van der Waals surface area (Å²) in [5.41, 5.74) is 4.01. The van der Waals surface area contributed by atoms with Gasteiger partial charge in [-0.3, -0.25) is 9.35 Å². The van der Waals surface area contributed by atoms with E-state index in [0.717, 1.165) is 16.3 Å². The number of fused-ring (bicyclic) bond motifs is 1. The zero-order valence-corrected chi connectivity index (χ0v) is 20.9. The van der Waals surface area contributed by atoms with E-state index in [1.54, 1.807) is 48.9 Å². The number of methoxy groups -OCH3 is 2. The number of hydrogen-bond donors (Lipinski definition) is 0. The maximum atomic E-state index is 15.1. The van der Waals surface area contributed by atoms with Crippen molar-refractivity contribution in [2.75, 3.05) is 14.2 Å². The lowest BCUT2D eigenvalue weighted by Gasteiger charge is -2.20. The maximum Gasteiger partial charge on any atom is 0.339 e. The van der Waals surface area contributed by atoms with Crippen LogP contribution in [0.25, 0.3) is 33.3 Å². The molecule has 5 aromatic rings. The van der Waals surface area contributed by atoms with Crippen LogP contribution in [0, 0.1) is 19.7 Å². The third kappa shape index (κ3) is 3.98. The Morgan fingerprint density at radius 3 is 1.84 bits per heavy atom. The molecule has 0 unspecified atom stereocenters. The van der Waals surface area contributed by atoms with Crippen molar-refractivity contribution in [2.45, 2.75) is 13.8 Å². The average molecular weight is 497 g/mol. The quantitative estimate of drug-likeness (QED) is 0.264. The van der Waals surface area contributed by atoms with Crippen molar-refractivity contribution in [1.29, 1.82) is 0 Å². The standard InChI is InChI=1S/C30H25FN2O4/c1-18-24(29(34)36-3)16-27(22-14-13-20-9-5-6-10-21(20)15-22)32(18)33-19(2)25(30(35)37-4)17-28(33)23-11-7-8-12-26(23)31/h5-17H,1-4H3. The van der Waals surface area contributed by atoms with Crippen molar-refractivity contribution in [3.05, 3.63) is 107 Å². The molecule has 0 aliphatic heterocycles. The predicted octanol–water partition coefficient (Wildman–Crippen LogP) is 6.42. The fraction of sp³-hybridized carbons (Fsp3) is 0.133. The molecule has 3 aromatic carbocycles. The monoisotopic (exact) mass is 496 g/mol. The number of rotatable bonds is 5. The zero-order chi connectivity index (χ0) is 26.3. The van der Waals surface area contributed by atoms with Crippen LogP contribution in [-0.4, -0.2) is 35.5 Å². The summed E-state index contributed by atoms with van der Waals surface area (Å²) in [5.74, 6) is -1.48. The van der Waals surface area contributed by atoms with E-state index < -0.39 is 17.8 Å². The van der Waals surface area contributed by atoms with Gasteiger partial charge in [0.05, 0.1) is 48.1 Å². The topological polar surface area (TPSA) is 62.5 Å². The summed E-state index contributed by atoms with van der Waals surface area (Å²) >= 11 is 0. The van der Waals surface area contributed by atoms with Crippen molar-refractivity contribution < 1.29 is 23.5 Å². The molecule has 2 aromatic heterocycles. The molecular weight excluding hydrogens is 471 g/mol. The maximum absolute atomic E-state index is 15.1. The normalized spacial score (nSPS) is 11.1. The molecule has 0 fully saturated rings. The molecule has 0 radical (unpaired) electrons.